The van der Waals surface area contributed by atoms with Gasteiger partial charge in [-0.15, -0.1) is 0 Å². The zero-order valence-corrected chi connectivity index (χ0v) is 14.0. The van der Waals surface area contributed by atoms with Crippen LogP contribution in [0.25, 0.3) is 0 Å². The highest BCUT2D eigenvalue weighted by atomic mass is 32.2. The molecule has 0 unspecified atom stereocenters. The minimum absolute atomic E-state index is 0.152. The maximum Gasteiger partial charge on any atom is 0.244 e. The Hall–Kier alpha value is -1.09. The molecular formula is C13H20N4O2S2. The van der Waals surface area contributed by atoms with E-state index in [1.165, 1.54) is 22.6 Å². The second-order valence-corrected chi connectivity index (χ2v) is 8.19. The fourth-order valence-electron chi connectivity index (χ4n) is 2.23. The van der Waals surface area contributed by atoms with Gasteiger partial charge in [0.2, 0.25) is 10.0 Å². The molecule has 0 atom stereocenters. The third-order valence-electron chi connectivity index (χ3n) is 3.91. The van der Waals surface area contributed by atoms with Crippen LogP contribution >= 0.6 is 12.2 Å². The standard InChI is InChI=1S/C13H20N4O2S2/c1-13(2)9-17(7-6-16(13)3)21(18,19)10-4-5-11(12(14)20)15-8-10/h4-5,8H,6-7,9H2,1-3H3,(H2,14,20). The topological polar surface area (TPSA) is 79.5 Å². The smallest absolute Gasteiger partial charge is 0.244 e. The quantitative estimate of drug-likeness (QED) is 0.811. The van der Waals surface area contributed by atoms with Crippen molar-refractivity contribution in [1.82, 2.24) is 14.2 Å². The van der Waals surface area contributed by atoms with E-state index in [1.807, 2.05) is 20.9 Å². The molecule has 2 heterocycles. The fraction of sp³-hybridized carbons (Fsp3) is 0.538. The first-order valence-electron chi connectivity index (χ1n) is 6.62. The lowest BCUT2D eigenvalue weighted by Gasteiger charge is -2.44. The number of nitrogens with zero attached hydrogens (tertiary/aromatic N) is 3. The van der Waals surface area contributed by atoms with Crippen LogP contribution in [0.15, 0.2) is 23.2 Å². The number of aromatic nitrogens is 1. The number of likely N-dealkylation sites (N-methyl/N-ethyl adjacent to an activating group) is 1. The van der Waals surface area contributed by atoms with Crippen LogP contribution in [0.5, 0.6) is 0 Å². The van der Waals surface area contributed by atoms with Gasteiger partial charge in [0.1, 0.15) is 9.88 Å². The van der Waals surface area contributed by atoms with E-state index in [4.69, 9.17) is 18.0 Å². The minimum Gasteiger partial charge on any atom is -0.388 e. The molecule has 0 aliphatic carbocycles. The first kappa shape index (κ1) is 16.3. The van der Waals surface area contributed by atoms with Crippen LogP contribution < -0.4 is 5.73 Å². The maximum atomic E-state index is 12.7. The Morgan fingerprint density at radius 2 is 2.05 bits per heavy atom. The van der Waals surface area contributed by atoms with Gasteiger partial charge in [-0.25, -0.2) is 8.42 Å². The van der Waals surface area contributed by atoms with Crippen LogP contribution in [0.3, 0.4) is 0 Å². The normalized spacial score (nSPS) is 20.3. The average molecular weight is 328 g/mol. The average Bonchev–Trinajstić information content (AvgIpc) is 2.41. The van der Waals surface area contributed by atoms with Crippen molar-refractivity contribution in [2.45, 2.75) is 24.3 Å². The van der Waals surface area contributed by atoms with E-state index in [0.717, 1.165) is 0 Å². The largest absolute Gasteiger partial charge is 0.388 e. The summed E-state index contributed by atoms with van der Waals surface area (Å²) >= 11 is 4.82. The molecule has 1 aromatic heterocycles. The van der Waals surface area contributed by atoms with Crippen LogP contribution in [0.2, 0.25) is 0 Å². The van der Waals surface area contributed by atoms with E-state index >= 15 is 0 Å². The maximum absolute atomic E-state index is 12.7. The van der Waals surface area contributed by atoms with Gasteiger partial charge in [-0.05, 0) is 33.0 Å². The molecule has 0 radical (unpaired) electrons. The van der Waals surface area contributed by atoms with Crippen LogP contribution in [-0.4, -0.2) is 59.8 Å². The molecule has 21 heavy (non-hydrogen) atoms. The first-order chi connectivity index (χ1) is 9.64. The van der Waals surface area contributed by atoms with Gasteiger partial charge in [-0.1, -0.05) is 12.2 Å². The van der Waals surface area contributed by atoms with Crippen LogP contribution in [-0.2, 0) is 10.0 Å². The molecule has 0 saturated carbocycles. The Morgan fingerprint density at radius 3 is 2.52 bits per heavy atom. The monoisotopic (exact) mass is 328 g/mol. The van der Waals surface area contributed by atoms with E-state index < -0.39 is 10.0 Å². The molecular weight excluding hydrogens is 308 g/mol. The Labute approximate surface area is 131 Å². The number of thiocarbonyl (C=S) groups is 1. The number of sulfonamides is 1. The second-order valence-electron chi connectivity index (χ2n) is 5.82. The highest BCUT2D eigenvalue weighted by Gasteiger charge is 2.37. The number of nitrogens with two attached hydrogens (primary N) is 1. The summed E-state index contributed by atoms with van der Waals surface area (Å²) in [4.78, 5) is 6.49. The highest BCUT2D eigenvalue weighted by Crippen LogP contribution is 2.24. The van der Waals surface area contributed by atoms with Gasteiger partial charge in [0, 0.05) is 31.4 Å². The molecule has 0 bridgehead atoms. The third-order valence-corrected chi connectivity index (χ3v) is 5.95. The molecule has 1 saturated heterocycles. The predicted molar refractivity (Wildman–Crippen MR) is 85.6 cm³/mol. The predicted octanol–water partition coefficient (Wildman–Crippen LogP) is 0.431. The van der Waals surface area contributed by atoms with Gasteiger partial charge in [-0.3, -0.25) is 9.88 Å². The molecule has 1 fully saturated rings. The van der Waals surface area contributed by atoms with Crippen molar-refractivity contribution in [3.05, 3.63) is 24.0 Å². The molecule has 0 aromatic carbocycles. The summed E-state index contributed by atoms with van der Waals surface area (Å²) in [7, 11) is -1.54. The zero-order chi connectivity index (χ0) is 15.8. The zero-order valence-electron chi connectivity index (χ0n) is 12.4. The van der Waals surface area contributed by atoms with Crippen LogP contribution in [0.1, 0.15) is 19.5 Å². The number of rotatable bonds is 3. The molecule has 1 aliphatic rings. The summed E-state index contributed by atoms with van der Waals surface area (Å²) in [6.07, 6.45) is 1.31. The highest BCUT2D eigenvalue weighted by molar-refractivity contribution is 7.89. The van der Waals surface area contributed by atoms with E-state index in [9.17, 15) is 8.42 Å². The summed E-state index contributed by atoms with van der Waals surface area (Å²) in [5.41, 5.74) is 5.69. The van der Waals surface area contributed by atoms with Crippen molar-refractivity contribution in [3.63, 3.8) is 0 Å². The molecule has 2 rings (SSSR count). The number of piperazine rings is 1. The lowest BCUT2D eigenvalue weighted by atomic mass is 10.0. The lowest BCUT2D eigenvalue weighted by molar-refractivity contribution is 0.0801. The van der Waals surface area contributed by atoms with Crippen molar-refractivity contribution in [1.29, 1.82) is 0 Å². The molecule has 1 aliphatic heterocycles. The Balaban J connectivity index is 2.28. The SMILES string of the molecule is CN1CCN(S(=O)(=O)c2ccc(C(N)=S)nc2)CC1(C)C. The summed E-state index contributed by atoms with van der Waals surface area (Å²) in [6, 6.07) is 3.04. The van der Waals surface area contributed by atoms with E-state index in [2.05, 4.69) is 9.88 Å². The van der Waals surface area contributed by atoms with Gasteiger partial charge in [-0.2, -0.15) is 4.31 Å². The molecule has 2 N–H and O–H groups in total. The molecule has 0 spiro atoms. The molecule has 116 valence electrons. The Kier molecular flexibility index (Phi) is 4.34. The Morgan fingerprint density at radius 1 is 1.38 bits per heavy atom. The molecule has 6 nitrogen and oxygen atoms in total. The van der Waals surface area contributed by atoms with E-state index in [1.54, 1.807) is 0 Å². The molecule has 0 amide bonds. The Bertz CT molecular complexity index is 641. The van der Waals surface area contributed by atoms with Gasteiger partial charge >= 0.3 is 0 Å². The van der Waals surface area contributed by atoms with Crippen molar-refractivity contribution in [2.75, 3.05) is 26.7 Å². The van der Waals surface area contributed by atoms with Gasteiger partial charge in [0.15, 0.2) is 0 Å². The number of hydrogen-bond acceptors (Lipinski definition) is 5. The molecule has 8 heteroatoms. The lowest BCUT2D eigenvalue weighted by Crippen LogP contribution is -2.58. The summed E-state index contributed by atoms with van der Waals surface area (Å²) < 4.78 is 26.8. The summed E-state index contributed by atoms with van der Waals surface area (Å²) in [5.74, 6) is 0. The van der Waals surface area contributed by atoms with Gasteiger partial charge in [0.25, 0.3) is 0 Å². The molecule has 1 aromatic rings. The minimum atomic E-state index is -3.54. The van der Waals surface area contributed by atoms with Crippen molar-refractivity contribution in [2.24, 2.45) is 5.73 Å². The van der Waals surface area contributed by atoms with Crippen LogP contribution in [0.4, 0.5) is 0 Å². The van der Waals surface area contributed by atoms with Gasteiger partial charge in [0.05, 0.1) is 5.69 Å². The van der Waals surface area contributed by atoms with Crippen molar-refractivity contribution >= 4 is 27.2 Å². The summed E-state index contributed by atoms with van der Waals surface area (Å²) in [6.45, 7) is 5.68. The van der Waals surface area contributed by atoms with E-state index in [-0.39, 0.29) is 15.4 Å². The number of hydrogen-bond donors (Lipinski definition) is 1. The second kappa shape index (κ2) is 5.60. The first-order valence-corrected chi connectivity index (χ1v) is 8.47. The van der Waals surface area contributed by atoms with Crippen LogP contribution in [0, 0.1) is 0 Å². The van der Waals surface area contributed by atoms with Gasteiger partial charge < -0.3 is 5.73 Å². The van der Waals surface area contributed by atoms with Crippen molar-refractivity contribution in [3.8, 4) is 0 Å². The third kappa shape index (κ3) is 3.23. The fourth-order valence-corrected chi connectivity index (χ4v) is 3.88. The van der Waals surface area contributed by atoms with Crippen molar-refractivity contribution < 1.29 is 8.42 Å². The number of pyridine rings is 1. The summed E-state index contributed by atoms with van der Waals surface area (Å²) in [5, 5.41) is 0. The van der Waals surface area contributed by atoms with E-state index in [0.29, 0.717) is 25.3 Å².